The number of hydrogen-bond donors (Lipinski definition) is 1. The van der Waals surface area contributed by atoms with Gasteiger partial charge in [-0.2, -0.15) is 0 Å². The Bertz CT molecular complexity index is 171. The number of aliphatic hydroxyl groups is 1. The highest BCUT2D eigenvalue weighted by Crippen LogP contribution is 2.33. The first kappa shape index (κ1) is 8.46. The van der Waals surface area contributed by atoms with Gasteiger partial charge < -0.3 is 9.84 Å². The van der Waals surface area contributed by atoms with Crippen molar-refractivity contribution >= 4 is 5.97 Å². The predicted molar refractivity (Wildman–Crippen MR) is 35.7 cm³/mol. The molecule has 0 spiro atoms. The zero-order valence-corrected chi connectivity index (χ0v) is 6.34. The van der Waals surface area contributed by atoms with Crippen molar-refractivity contribution in [2.24, 2.45) is 0 Å². The van der Waals surface area contributed by atoms with Gasteiger partial charge in [0.2, 0.25) is 0 Å². The molecule has 0 radical (unpaired) electrons. The molecular weight excluding hydrogens is 151 g/mol. The van der Waals surface area contributed by atoms with E-state index in [1.165, 1.54) is 0 Å². The van der Waals surface area contributed by atoms with E-state index in [9.17, 15) is 14.3 Å². The molecule has 0 aromatic rings. The molecule has 0 bridgehead atoms. The first-order valence-electron chi connectivity index (χ1n) is 3.56. The lowest BCUT2D eigenvalue weighted by molar-refractivity contribution is -0.167. The molecule has 2 unspecified atom stereocenters. The zero-order chi connectivity index (χ0) is 8.48. The lowest BCUT2D eigenvalue weighted by Gasteiger charge is -2.20. The number of halogens is 1. The Hall–Kier alpha value is -0.640. The number of alkyl halides is 1. The summed E-state index contributed by atoms with van der Waals surface area (Å²) >= 11 is 0. The molecule has 0 saturated heterocycles. The minimum Gasteiger partial charge on any atom is -0.467 e. The number of ether oxygens (including phenoxy) is 1. The van der Waals surface area contributed by atoms with Crippen LogP contribution in [0.1, 0.15) is 19.3 Å². The van der Waals surface area contributed by atoms with Crippen LogP contribution in [0.5, 0.6) is 0 Å². The van der Waals surface area contributed by atoms with E-state index in [0.29, 0.717) is 6.42 Å². The molecule has 2 atom stereocenters. The number of carbonyl (C=O) groups is 1. The summed E-state index contributed by atoms with van der Waals surface area (Å²) in [6.45, 7) is 0. The van der Waals surface area contributed by atoms with Crippen molar-refractivity contribution in [1.29, 1.82) is 0 Å². The van der Waals surface area contributed by atoms with Crippen LogP contribution in [0.25, 0.3) is 0 Å². The second-order valence-corrected chi connectivity index (χ2v) is 2.78. The average molecular weight is 162 g/mol. The topological polar surface area (TPSA) is 46.5 Å². The van der Waals surface area contributed by atoms with Crippen LogP contribution in [0.15, 0.2) is 0 Å². The van der Waals surface area contributed by atoms with E-state index in [1.54, 1.807) is 0 Å². The predicted octanol–water partition coefficient (Wildman–Crippen LogP) is 0.412. The van der Waals surface area contributed by atoms with Gasteiger partial charge in [0, 0.05) is 0 Å². The number of methoxy groups -OCH3 is 1. The van der Waals surface area contributed by atoms with E-state index in [1.807, 2.05) is 0 Å². The molecule has 1 aliphatic carbocycles. The van der Waals surface area contributed by atoms with Crippen LogP contribution >= 0.6 is 0 Å². The van der Waals surface area contributed by atoms with Crippen molar-refractivity contribution in [3.63, 3.8) is 0 Å². The number of carbonyl (C=O) groups excluding carboxylic acids is 1. The van der Waals surface area contributed by atoms with Crippen molar-refractivity contribution in [1.82, 2.24) is 0 Å². The van der Waals surface area contributed by atoms with E-state index in [2.05, 4.69) is 4.74 Å². The fourth-order valence-corrected chi connectivity index (χ4v) is 1.35. The second kappa shape index (κ2) is 2.77. The van der Waals surface area contributed by atoms with Crippen molar-refractivity contribution < 1.29 is 19.0 Å². The van der Waals surface area contributed by atoms with Gasteiger partial charge in [0.15, 0.2) is 5.60 Å². The minimum atomic E-state index is -1.87. The summed E-state index contributed by atoms with van der Waals surface area (Å²) in [5.74, 6) is -0.859. The van der Waals surface area contributed by atoms with E-state index < -0.39 is 17.7 Å². The summed E-state index contributed by atoms with van der Waals surface area (Å²) in [4.78, 5) is 10.8. The second-order valence-electron chi connectivity index (χ2n) is 2.78. The summed E-state index contributed by atoms with van der Waals surface area (Å²) < 4.78 is 17.1. The van der Waals surface area contributed by atoms with E-state index >= 15 is 0 Å². The van der Waals surface area contributed by atoms with Gasteiger partial charge in [-0.3, -0.25) is 0 Å². The Morgan fingerprint density at radius 2 is 2.45 bits per heavy atom. The van der Waals surface area contributed by atoms with Crippen LogP contribution in [-0.2, 0) is 9.53 Å². The molecule has 0 amide bonds. The smallest absolute Gasteiger partial charge is 0.340 e. The van der Waals surface area contributed by atoms with Gasteiger partial charge in [0.25, 0.3) is 0 Å². The summed E-state index contributed by atoms with van der Waals surface area (Å²) in [5.41, 5.74) is -1.87. The number of hydrogen-bond acceptors (Lipinski definition) is 3. The van der Waals surface area contributed by atoms with Gasteiger partial charge in [0.05, 0.1) is 7.11 Å². The van der Waals surface area contributed by atoms with Crippen molar-refractivity contribution in [2.45, 2.75) is 31.0 Å². The lowest BCUT2D eigenvalue weighted by atomic mass is 10.0. The third-order valence-corrected chi connectivity index (χ3v) is 2.07. The van der Waals surface area contributed by atoms with Crippen LogP contribution in [0.2, 0.25) is 0 Å². The number of rotatable bonds is 1. The molecule has 1 aliphatic rings. The largest absolute Gasteiger partial charge is 0.467 e. The van der Waals surface area contributed by atoms with Gasteiger partial charge >= 0.3 is 5.97 Å². The standard InChI is InChI=1S/C7H11FO3/c1-11-6(9)7(10)4-2-3-5(7)8/h5,10H,2-4H2,1H3. The molecular formula is C7H11FO3. The molecule has 64 valence electrons. The van der Waals surface area contributed by atoms with Crippen molar-refractivity contribution in [3.8, 4) is 0 Å². The average Bonchev–Trinajstić information content (AvgIpc) is 2.32. The van der Waals surface area contributed by atoms with Crippen LogP contribution in [0.4, 0.5) is 4.39 Å². The van der Waals surface area contributed by atoms with Gasteiger partial charge in [-0.05, 0) is 19.3 Å². The monoisotopic (exact) mass is 162 g/mol. The molecule has 0 aliphatic heterocycles. The van der Waals surface area contributed by atoms with E-state index in [0.717, 1.165) is 7.11 Å². The first-order chi connectivity index (χ1) is 5.11. The van der Waals surface area contributed by atoms with Crippen molar-refractivity contribution in [3.05, 3.63) is 0 Å². The summed E-state index contributed by atoms with van der Waals surface area (Å²) in [6, 6.07) is 0. The van der Waals surface area contributed by atoms with Crippen LogP contribution < -0.4 is 0 Å². The van der Waals surface area contributed by atoms with Crippen LogP contribution in [0.3, 0.4) is 0 Å². The summed E-state index contributed by atoms with van der Waals surface area (Å²) in [5, 5.41) is 9.38. The quantitative estimate of drug-likeness (QED) is 0.568. The minimum absolute atomic E-state index is 0.167. The molecule has 11 heavy (non-hydrogen) atoms. The van der Waals surface area contributed by atoms with E-state index in [4.69, 9.17) is 0 Å². The van der Waals surface area contributed by atoms with Crippen LogP contribution in [0, 0.1) is 0 Å². The Morgan fingerprint density at radius 1 is 1.82 bits per heavy atom. The molecule has 0 aromatic carbocycles. The maximum atomic E-state index is 12.9. The Labute approximate surface area is 64.2 Å². The fourth-order valence-electron chi connectivity index (χ4n) is 1.35. The number of esters is 1. The Balaban J connectivity index is 2.72. The first-order valence-corrected chi connectivity index (χ1v) is 3.56. The highest BCUT2D eigenvalue weighted by atomic mass is 19.1. The maximum absolute atomic E-state index is 12.9. The molecule has 0 aromatic heterocycles. The van der Waals surface area contributed by atoms with Crippen molar-refractivity contribution in [2.75, 3.05) is 7.11 Å². The molecule has 3 nitrogen and oxygen atoms in total. The molecule has 1 N–H and O–H groups in total. The third-order valence-electron chi connectivity index (χ3n) is 2.07. The highest BCUT2D eigenvalue weighted by Gasteiger charge is 2.49. The molecule has 1 rings (SSSR count). The molecule has 4 heteroatoms. The molecule has 1 fully saturated rings. The Kier molecular flexibility index (Phi) is 2.13. The molecule has 0 heterocycles. The SMILES string of the molecule is COC(=O)C1(O)CCCC1F. The third kappa shape index (κ3) is 1.22. The van der Waals surface area contributed by atoms with Gasteiger partial charge in [-0.25, -0.2) is 9.18 Å². The lowest BCUT2D eigenvalue weighted by Crippen LogP contribution is -2.44. The normalized spacial score (nSPS) is 37.2. The van der Waals surface area contributed by atoms with E-state index in [-0.39, 0.29) is 12.8 Å². The molecule has 1 saturated carbocycles. The summed E-state index contributed by atoms with van der Waals surface area (Å²) in [7, 11) is 1.14. The maximum Gasteiger partial charge on any atom is 0.340 e. The van der Waals surface area contributed by atoms with Gasteiger partial charge in [0.1, 0.15) is 6.17 Å². The van der Waals surface area contributed by atoms with Crippen LogP contribution in [-0.4, -0.2) is 30.0 Å². The van der Waals surface area contributed by atoms with Gasteiger partial charge in [-0.15, -0.1) is 0 Å². The van der Waals surface area contributed by atoms with Gasteiger partial charge in [-0.1, -0.05) is 0 Å². The highest BCUT2D eigenvalue weighted by molar-refractivity contribution is 5.80. The fraction of sp³-hybridized carbons (Fsp3) is 0.857. The Morgan fingerprint density at radius 3 is 2.82 bits per heavy atom. The summed E-state index contributed by atoms with van der Waals surface area (Å²) in [6.07, 6.45) is -0.519. The zero-order valence-electron chi connectivity index (χ0n) is 6.34.